The highest BCUT2D eigenvalue weighted by Crippen LogP contribution is 2.27. The van der Waals surface area contributed by atoms with E-state index < -0.39 is 0 Å². The number of methoxy groups -OCH3 is 1. The average molecular weight is 465 g/mol. The predicted molar refractivity (Wildman–Crippen MR) is 129 cm³/mol. The number of thiophene rings is 1. The smallest absolute Gasteiger partial charge is 0.231 e. The van der Waals surface area contributed by atoms with Crippen LogP contribution in [0.1, 0.15) is 16.5 Å². The van der Waals surface area contributed by atoms with Crippen molar-refractivity contribution in [2.45, 2.75) is 17.7 Å². The lowest BCUT2D eigenvalue weighted by Crippen LogP contribution is -2.30. The van der Waals surface area contributed by atoms with Crippen LogP contribution in [0.3, 0.4) is 0 Å². The maximum absolute atomic E-state index is 12.9. The number of nitrogens with zero attached hydrogens (tertiary/aromatic N) is 3. The van der Waals surface area contributed by atoms with Crippen molar-refractivity contribution in [3.63, 3.8) is 0 Å². The molecule has 1 amide bonds. The number of rotatable bonds is 10. The fourth-order valence-electron chi connectivity index (χ4n) is 3.33. The van der Waals surface area contributed by atoms with Crippen molar-refractivity contribution in [3.8, 4) is 11.4 Å². The van der Waals surface area contributed by atoms with E-state index in [-0.39, 0.29) is 17.7 Å². The third-order valence-electron chi connectivity index (χ3n) is 4.87. The lowest BCUT2D eigenvalue weighted by atomic mass is 10.1. The lowest BCUT2D eigenvalue weighted by molar-refractivity contribution is -0.119. The molecular formula is C24H24N4O2S2. The molecule has 2 aromatic carbocycles. The van der Waals surface area contributed by atoms with Crippen LogP contribution in [0.4, 0.5) is 0 Å². The number of carbonyl (C=O) groups excluding carboxylic acids is 1. The SMILES string of the molecule is COCCn1c(SCC(=O)N[C@H](c2ccccc2)c2cccs2)nnc1-c1ccccc1. The Bertz CT molecular complexity index is 1120. The second-order valence-electron chi connectivity index (χ2n) is 7.03. The molecule has 2 heterocycles. The van der Waals surface area contributed by atoms with E-state index in [0.29, 0.717) is 18.3 Å². The molecule has 1 atom stereocenters. The highest BCUT2D eigenvalue weighted by Gasteiger charge is 2.20. The van der Waals surface area contributed by atoms with Gasteiger partial charge in [-0.2, -0.15) is 0 Å². The monoisotopic (exact) mass is 464 g/mol. The van der Waals surface area contributed by atoms with Crippen LogP contribution in [0.15, 0.2) is 83.3 Å². The second kappa shape index (κ2) is 11.1. The fourth-order valence-corrected chi connectivity index (χ4v) is 4.91. The first-order chi connectivity index (χ1) is 15.8. The zero-order valence-corrected chi connectivity index (χ0v) is 19.3. The molecule has 0 bridgehead atoms. The van der Waals surface area contributed by atoms with Gasteiger partial charge in [0.15, 0.2) is 11.0 Å². The highest BCUT2D eigenvalue weighted by atomic mass is 32.2. The van der Waals surface area contributed by atoms with Gasteiger partial charge in [-0.05, 0) is 17.0 Å². The number of aromatic nitrogens is 3. The van der Waals surface area contributed by atoms with Gasteiger partial charge >= 0.3 is 0 Å². The number of hydrogen-bond donors (Lipinski definition) is 1. The molecule has 4 aromatic rings. The van der Waals surface area contributed by atoms with Crippen LogP contribution in [0.5, 0.6) is 0 Å². The van der Waals surface area contributed by atoms with Gasteiger partial charge in [-0.15, -0.1) is 21.5 Å². The second-order valence-corrected chi connectivity index (χ2v) is 8.95. The van der Waals surface area contributed by atoms with Crippen molar-refractivity contribution in [2.24, 2.45) is 0 Å². The third kappa shape index (κ3) is 5.45. The molecule has 0 saturated carbocycles. The van der Waals surface area contributed by atoms with Gasteiger partial charge in [-0.25, -0.2) is 0 Å². The predicted octanol–water partition coefficient (Wildman–Crippen LogP) is 4.65. The highest BCUT2D eigenvalue weighted by molar-refractivity contribution is 7.99. The van der Waals surface area contributed by atoms with Crippen molar-refractivity contribution in [1.82, 2.24) is 20.1 Å². The van der Waals surface area contributed by atoms with Crippen molar-refractivity contribution >= 4 is 29.0 Å². The zero-order valence-electron chi connectivity index (χ0n) is 17.7. The minimum atomic E-state index is -0.171. The van der Waals surface area contributed by atoms with Gasteiger partial charge in [-0.1, -0.05) is 78.5 Å². The minimum Gasteiger partial charge on any atom is -0.383 e. The topological polar surface area (TPSA) is 69.0 Å². The summed E-state index contributed by atoms with van der Waals surface area (Å²) < 4.78 is 7.27. The molecule has 0 aliphatic carbocycles. The Labute approximate surface area is 195 Å². The van der Waals surface area contributed by atoms with Crippen LogP contribution in [0, 0.1) is 0 Å². The van der Waals surface area contributed by atoms with Crippen molar-refractivity contribution in [3.05, 3.63) is 88.6 Å². The number of ether oxygens (including phenoxy) is 1. The number of nitrogens with one attached hydrogen (secondary N) is 1. The lowest BCUT2D eigenvalue weighted by Gasteiger charge is -2.18. The molecule has 0 unspecified atom stereocenters. The molecule has 0 aliphatic rings. The van der Waals surface area contributed by atoms with Gasteiger partial charge < -0.3 is 10.1 Å². The van der Waals surface area contributed by atoms with Crippen molar-refractivity contribution in [1.29, 1.82) is 0 Å². The number of amides is 1. The molecular weight excluding hydrogens is 440 g/mol. The number of carbonyl (C=O) groups is 1. The molecule has 8 heteroatoms. The Morgan fingerprint density at radius 1 is 1.06 bits per heavy atom. The Morgan fingerprint density at radius 2 is 1.81 bits per heavy atom. The average Bonchev–Trinajstić information content (AvgIpc) is 3.51. The molecule has 2 aromatic heterocycles. The largest absolute Gasteiger partial charge is 0.383 e. The fraction of sp³-hybridized carbons (Fsp3) is 0.208. The standard InChI is InChI=1S/C24H24N4O2S2/c1-30-15-14-28-23(19-11-6-3-7-12-19)26-27-24(28)32-17-21(29)25-22(20-13-8-16-31-20)18-9-4-2-5-10-18/h2-13,16,22H,14-15,17H2,1H3,(H,25,29)/t22-/m1/s1. The van der Waals surface area contributed by atoms with E-state index in [1.165, 1.54) is 11.8 Å². The Hall–Kier alpha value is -2.94. The van der Waals surface area contributed by atoms with Gasteiger partial charge in [0.2, 0.25) is 5.91 Å². The maximum Gasteiger partial charge on any atom is 0.231 e. The van der Waals surface area contributed by atoms with Crippen LogP contribution in [-0.4, -0.2) is 40.1 Å². The third-order valence-corrected chi connectivity index (χ3v) is 6.77. The molecule has 164 valence electrons. The molecule has 0 spiro atoms. The Balaban J connectivity index is 1.48. The first-order valence-electron chi connectivity index (χ1n) is 10.2. The number of thioether (sulfide) groups is 1. The summed E-state index contributed by atoms with van der Waals surface area (Å²) in [7, 11) is 1.67. The van der Waals surface area contributed by atoms with Crippen LogP contribution in [-0.2, 0) is 16.1 Å². The normalized spacial score (nSPS) is 11.9. The first kappa shape index (κ1) is 22.3. The van der Waals surface area contributed by atoms with Crippen LogP contribution >= 0.6 is 23.1 Å². The van der Waals surface area contributed by atoms with Crippen LogP contribution in [0.25, 0.3) is 11.4 Å². The molecule has 6 nitrogen and oxygen atoms in total. The number of benzene rings is 2. The summed E-state index contributed by atoms with van der Waals surface area (Å²) in [5, 5.41) is 14.6. The van der Waals surface area contributed by atoms with E-state index in [2.05, 4.69) is 15.5 Å². The Kier molecular flexibility index (Phi) is 7.71. The summed E-state index contributed by atoms with van der Waals surface area (Å²) in [6.45, 7) is 1.14. The quantitative estimate of drug-likeness (QED) is 0.346. The summed E-state index contributed by atoms with van der Waals surface area (Å²) in [6, 6.07) is 23.8. The molecule has 0 radical (unpaired) electrons. The maximum atomic E-state index is 12.9. The number of hydrogen-bond acceptors (Lipinski definition) is 6. The van der Waals surface area contributed by atoms with E-state index in [9.17, 15) is 4.79 Å². The molecule has 0 saturated heterocycles. The van der Waals surface area contributed by atoms with Gasteiger partial charge in [0, 0.05) is 17.6 Å². The minimum absolute atomic E-state index is 0.0557. The first-order valence-corrected chi connectivity index (χ1v) is 12.1. The van der Waals surface area contributed by atoms with Crippen LogP contribution in [0.2, 0.25) is 0 Å². The van der Waals surface area contributed by atoms with E-state index in [1.807, 2.05) is 82.7 Å². The van der Waals surface area contributed by atoms with Gasteiger partial charge in [-0.3, -0.25) is 9.36 Å². The van der Waals surface area contributed by atoms with E-state index in [4.69, 9.17) is 4.74 Å². The van der Waals surface area contributed by atoms with Crippen molar-refractivity contribution < 1.29 is 9.53 Å². The molecule has 0 aliphatic heterocycles. The molecule has 4 rings (SSSR count). The van der Waals surface area contributed by atoms with Crippen molar-refractivity contribution in [2.75, 3.05) is 19.5 Å². The van der Waals surface area contributed by atoms with Gasteiger partial charge in [0.25, 0.3) is 0 Å². The molecule has 1 N–H and O–H groups in total. The van der Waals surface area contributed by atoms with Gasteiger partial charge in [0.1, 0.15) is 0 Å². The zero-order chi connectivity index (χ0) is 22.2. The molecule has 0 fully saturated rings. The van der Waals surface area contributed by atoms with E-state index in [0.717, 1.165) is 21.8 Å². The summed E-state index contributed by atoms with van der Waals surface area (Å²) in [5.74, 6) is 0.959. The molecule has 32 heavy (non-hydrogen) atoms. The summed E-state index contributed by atoms with van der Waals surface area (Å²) in [6.07, 6.45) is 0. The summed E-state index contributed by atoms with van der Waals surface area (Å²) in [5.41, 5.74) is 2.04. The van der Waals surface area contributed by atoms with E-state index in [1.54, 1.807) is 18.4 Å². The summed E-state index contributed by atoms with van der Waals surface area (Å²) in [4.78, 5) is 14.0. The Morgan fingerprint density at radius 3 is 2.50 bits per heavy atom. The summed E-state index contributed by atoms with van der Waals surface area (Å²) >= 11 is 3.01. The van der Waals surface area contributed by atoms with E-state index >= 15 is 0 Å². The van der Waals surface area contributed by atoms with Crippen LogP contribution < -0.4 is 5.32 Å². The van der Waals surface area contributed by atoms with Gasteiger partial charge in [0.05, 0.1) is 24.9 Å².